The van der Waals surface area contributed by atoms with E-state index in [-0.39, 0.29) is 0 Å². The molecular formula is C10H20O3. The van der Waals surface area contributed by atoms with Gasteiger partial charge < -0.3 is 9.84 Å². The minimum absolute atomic E-state index is 0.442. The largest absolute Gasteiger partial charge is 0.464 e. The lowest BCUT2D eigenvalue weighted by Crippen LogP contribution is -2.09. The number of aliphatic hydroxyl groups excluding tert-OH is 1. The Morgan fingerprint density at radius 2 is 2.00 bits per heavy atom. The third-order valence-corrected chi connectivity index (χ3v) is 1.82. The molecule has 13 heavy (non-hydrogen) atoms. The van der Waals surface area contributed by atoms with Crippen LogP contribution >= 0.6 is 0 Å². The topological polar surface area (TPSA) is 46.5 Å². The summed E-state index contributed by atoms with van der Waals surface area (Å²) in [5, 5.41) is 8.34. The second-order valence-electron chi connectivity index (χ2n) is 3.62. The van der Waals surface area contributed by atoms with E-state index in [4.69, 9.17) is 9.84 Å². The smallest absolute Gasteiger partial charge is 0.331 e. The third kappa shape index (κ3) is 9.34. The van der Waals surface area contributed by atoms with Crippen LogP contribution in [0, 0.1) is 5.92 Å². The van der Waals surface area contributed by atoms with Crippen molar-refractivity contribution in [2.24, 2.45) is 5.92 Å². The molecule has 0 aliphatic rings. The van der Waals surface area contributed by atoms with Gasteiger partial charge in [0, 0.05) is 0 Å². The zero-order valence-corrected chi connectivity index (χ0v) is 8.58. The molecule has 78 valence electrons. The van der Waals surface area contributed by atoms with Crippen molar-refractivity contribution < 1.29 is 14.6 Å². The van der Waals surface area contributed by atoms with Crippen molar-refractivity contribution in [3.05, 3.63) is 0 Å². The number of hydrogen-bond acceptors (Lipinski definition) is 3. The molecule has 0 heterocycles. The molecule has 0 saturated carbocycles. The maximum Gasteiger partial charge on any atom is 0.331 e. The summed E-state index contributed by atoms with van der Waals surface area (Å²) in [7, 11) is 0. The molecule has 0 bridgehead atoms. The van der Waals surface area contributed by atoms with Crippen LogP contribution in [0.15, 0.2) is 0 Å². The van der Waals surface area contributed by atoms with Gasteiger partial charge >= 0.3 is 5.97 Å². The Bertz CT molecular complexity index is 132. The molecule has 1 N–H and O–H groups in total. The lowest BCUT2D eigenvalue weighted by molar-refractivity contribution is -0.147. The van der Waals surface area contributed by atoms with Crippen LogP contribution in [0.4, 0.5) is 0 Å². The summed E-state index contributed by atoms with van der Waals surface area (Å²) in [6, 6.07) is 0. The predicted octanol–water partition coefficient (Wildman–Crippen LogP) is 1.74. The molecule has 0 aliphatic heterocycles. The first-order valence-electron chi connectivity index (χ1n) is 4.93. The van der Waals surface area contributed by atoms with Crippen molar-refractivity contribution in [2.75, 3.05) is 13.2 Å². The Labute approximate surface area is 80.1 Å². The van der Waals surface area contributed by atoms with Crippen LogP contribution in [-0.2, 0) is 9.53 Å². The maximum absolute atomic E-state index is 10.5. The van der Waals surface area contributed by atoms with Crippen LogP contribution in [0.25, 0.3) is 0 Å². The highest BCUT2D eigenvalue weighted by Crippen LogP contribution is 2.07. The minimum atomic E-state index is -0.524. The van der Waals surface area contributed by atoms with Gasteiger partial charge in [-0.25, -0.2) is 4.79 Å². The molecule has 0 radical (unpaired) electrons. The molecule has 0 atom stereocenters. The van der Waals surface area contributed by atoms with E-state index >= 15 is 0 Å². The maximum atomic E-state index is 10.5. The first-order chi connectivity index (χ1) is 6.16. The molecule has 3 nitrogen and oxygen atoms in total. The van der Waals surface area contributed by atoms with Gasteiger partial charge in [-0.2, -0.15) is 0 Å². The molecular weight excluding hydrogens is 168 g/mol. The number of carbonyl (C=O) groups is 1. The van der Waals surface area contributed by atoms with Gasteiger partial charge in [-0.15, -0.1) is 0 Å². The number of unbranched alkanes of at least 4 members (excludes halogenated alkanes) is 2. The first-order valence-corrected chi connectivity index (χ1v) is 4.93. The van der Waals surface area contributed by atoms with Gasteiger partial charge in [0.1, 0.15) is 6.61 Å². The van der Waals surface area contributed by atoms with Gasteiger partial charge in [-0.05, 0) is 12.3 Å². The summed E-state index contributed by atoms with van der Waals surface area (Å²) >= 11 is 0. The number of esters is 1. The molecule has 0 unspecified atom stereocenters. The molecule has 0 amide bonds. The van der Waals surface area contributed by atoms with E-state index in [9.17, 15) is 4.79 Å². The molecule has 0 aliphatic carbocycles. The SMILES string of the molecule is CC(C)CCCCCOC(=O)CO. The molecule has 0 aromatic carbocycles. The number of carbonyl (C=O) groups excluding carboxylic acids is 1. The van der Waals surface area contributed by atoms with Crippen LogP contribution in [0.5, 0.6) is 0 Å². The summed E-state index contributed by atoms with van der Waals surface area (Å²) in [5.41, 5.74) is 0. The lowest BCUT2D eigenvalue weighted by atomic mass is 10.1. The number of ether oxygens (including phenoxy) is 1. The third-order valence-electron chi connectivity index (χ3n) is 1.82. The normalized spacial score (nSPS) is 10.5. The van der Waals surface area contributed by atoms with Gasteiger partial charge in [0.05, 0.1) is 6.61 Å². The number of hydrogen-bond donors (Lipinski definition) is 1. The van der Waals surface area contributed by atoms with Gasteiger partial charge in [-0.3, -0.25) is 0 Å². The zero-order valence-electron chi connectivity index (χ0n) is 8.58. The summed E-state index contributed by atoms with van der Waals surface area (Å²) in [5.74, 6) is 0.226. The summed E-state index contributed by atoms with van der Waals surface area (Å²) in [4.78, 5) is 10.5. The van der Waals surface area contributed by atoms with Crippen LogP contribution in [0.2, 0.25) is 0 Å². The fraction of sp³-hybridized carbons (Fsp3) is 0.900. The molecule has 0 aromatic heterocycles. The van der Waals surface area contributed by atoms with E-state index in [0.717, 1.165) is 18.8 Å². The van der Waals surface area contributed by atoms with Crippen LogP contribution in [0.1, 0.15) is 39.5 Å². The van der Waals surface area contributed by atoms with E-state index < -0.39 is 12.6 Å². The average molecular weight is 188 g/mol. The zero-order chi connectivity index (χ0) is 10.1. The van der Waals surface area contributed by atoms with E-state index in [1.54, 1.807) is 0 Å². The second kappa shape index (κ2) is 8.05. The number of rotatable bonds is 7. The van der Waals surface area contributed by atoms with Crippen molar-refractivity contribution in [1.82, 2.24) is 0 Å². The van der Waals surface area contributed by atoms with Crippen LogP contribution in [-0.4, -0.2) is 24.3 Å². The Balaban J connectivity index is 3.04. The van der Waals surface area contributed by atoms with Gasteiger partial charge in [0.15, 0.2) is 0 Å². The highest BCUT2D eigenvalue weighted by molar-refractivity contribution is 5.70. The lowest BCUT2D eigenvalue weighted by Gasteiger charge is -2.04. The summed E-state index contributed by atoms with van der Waals surface area (Å²) in [6.45, 7) is 4.33. The summed E-state index contributed by atoms with van der Waals surface area (Å²) in [6.07, 6.45) is 4.41. The highest BCUT2D eigenvalue weighted by Gasteiger charge is 1.98. The second-order valence-corrected chi connectivity index (χ2v) is 3.62. The Morgan fingerprint density at radius 3 is 2.54 bits per heavy atom. The van der Waals surface area contributed by atoms with Crippen LogP contribution in [0.3, 0.4) is 0 Å². The Hall–Kier alpha value is -0.570. The number of aliphatic hydroxyl groups is 1. The van der Waals surface area contributed by atoms with E-state index in [1.807, 2.05) is 0 Å². The standard InChI is InChI=1S/C10H20O3/c1-9(2)6-4-3-5-7-13-10(12)8-11/h9,11H,3-8H2,1-2H3. The molecule has 0 rings (SSSR count). The van der Waals surface area contributed by atoms with Crippen molar-refractivity contribution in [3.63, 3.8) is 0 Å². The molecule has 3 heteroatoms. The Kier molecular flexibility index (Phi) is 7.69. The average Bonchev–Trinajstić information content (AvgIpc) is 2.10. The van der Waals surface area contributed by atoms with Gasteiger partial charge in [0.2, 0.25) is 0 Å². The van der Waals surface area contributed by atoms with E-state index in [0.29, 0.717) is 6.61 Å². The van der Waals surface area contributed by atoms with E-state index in [2.05, 4.69) is 13.8 Å². The molecule has 0 saturated heterocycles. The summed E-state index contributed by atoms with van der Waals surface area (Å²) < 4.78 is 4.71. The highest BCUT2D eigenvalue weighted by atomic mass is 16.5. The van der Waals surface area contributed by atoms with Crippen molar-refractivity contribution in [2.45, 2.75) is 39.5 Å². The van der Waals surface area contributed by atoms with Crippen molar-refractivity contribution in [3.8, 4) is 0 Å². The first kappa shape index (κ1) is 12.4. The fourth-order valence-electron chi connectivity index (χ4n) is 1.06. The quantitative estimate of drug-likeness (QED) is 0.489. The van der Waals surface area contributed by atoms with Crippen molar-refractivity contribution >= 4 is 5.97 Å². The fourth-order valence-corrected chi connectivity index (χ4v) is 1.06. The molecule has 0 spiro atoms. The van der Waals surface area contributed by atoms with Gasteiger partial charge in [0.25, 0.3) is 0 Å². The van der Waals surface area contributed by atoms with Gasteiger partial charge in [-0.1, -0.05) is 33.1 Å². The monoisotopic (exact) mass is 188 g/mol. The predicted molar refractivity (Wildman–Crippen MR) is 51.4 cm³/mol. The van der Waals surface area contributed by atoms with Crippen LogP contribution < -0.4 is 0 Å². The van der Waals surface area contributed by atoms with Crippen molar-refractivity contribution in [1.29, 1.82) is 0 Å². The minimum Gasteiger partial charge on any atom is -0.464 e. The molecule has 0 aromatic rings. The van der Waals surface area contributed by atoms with E-state index in [1.165, 1.54) is 12.8 Å². The Morgan fingerprint density at radius 1 is 1.31 bits per heavy atom. The molecule has 0 fully saturated rings.